The summed E-state index contributed by atoms with van der Waals surface area (Å²) < 4.78 is 19.3. The molecule has 0 radical (unpaired) electrons. The molecule has 0 N–H and O–H groups in total. The second-order valence-corrected chi connectivity index (χ2v) is 8.38. The highest BCUT2D eigenvalue weighted by atomic mass is 19.1. The minimum atomic E-state index is -0.175. The number of piperidine rings is 1. The van der Waals surface area contributed by atoms with Crippen molar-refractivity contribution in [1.29, 1.82) is 0 Å². The zero-order valence-electron chi connectivity index (χ0n) is 16.8. The number of hydrogen-bond donors (Lipinski definition) is 0. The first kappa shape index (κ1) is 19.2. The average Bonchev–Trinajstić information content (AvgIpc) is 3.38. The van der Waals surface area contributed by atoms with Crippen molar-refractivity contribution in [1.82, 2.24) is 4.90 Å². The lowest BCUT2D eigenvalue weighted by Gasteiger charge is -2.33. The minimum absolute atomic E-state index is 0.0432. The fraction of sp³-hybridized carbons (Fsp3) is 0.435. The van der Waals surface area contributed by atoms with E-state index < -0.39 is 0 Å². The van der Waals surface area contributed by atoms with Crippen LogP contribution < -0.4 is 4.74 Å². The van der Waals surface area contributed by atoms with E-state index in [-0.39, 0.29) is 18.7 Å². The summed E-state index contributed by atoms with van der Waals surface area (Å²) in [6.07, 6.45) is 4.12. The van der Waals surface area contributed by atoms with Gasteiger partial charge in [-0.15, -0.1) is 0 Å². The van der Waals surface area contributed by atoms with Gasteiger partial charge in [-0.25, -0.2) is 4.39 Å². The topological polar surface area (TPSA) is 54.1 Å². The summed E-state index contributed by atoms with van der Waals surface area (Å²) in [4.78, 5) is 19.8. The van der Waals surface area contributed by atoms with Crippen molar-refractivity contribution < 1.29 is 18.7 Å². The maximum atomic E-state index is 13.1. The van der Waals surface area contributed by atoms with Gasteiger partial charge in [0.1, 0.15) is 11.9 Å². The molecule has 0 bridgehead atoms. The van der Waals surface area contributed by atoms with Crippen molar-refractivity contribution >= 4 is 11.4 Å². The SMILES string of the molecule is O=[N+]1COc2cc(C3=NOC(CN4CCC(Cc5ccc(F)cc5)CC4)C3)ccc21. The smallest absolute Gasteiger partial charge is 0.341 e. The molecule has 7 heteroatoms. The number of nitrogens with zero attached hydrogens (tertiary/aromatic N) is 3. The molecule has 0 spiro atoms. The van der Waals surface area contributed by atoms with Gasteiger partial charge in [0.05, 0.1) is 10.5 Å². The van der Waals surface area contributed by atoms with Gasteiger partial charge in [0.25, 0.3) is 0 Å². The van der Waals surface area contributed by atoms with Crippen molar-refractivity contribution in [2.75, 3.05) is 26.4 Å². The van der Waals surface area contributed by atoms with Gasteiger partial charge in [-0.2, -0.15) is 0 Å². The molecule has 2 aromatic rings. The first-order valence-electron chi connectivity index (χ1n) is 10.6. The molecule has 0 saturated carbocycles. The van der Waals surface area contributed by atoms with Gasteiger partial charge in [0.2, 0.25) is 5.75 Å². The number of halogens is 1. The van der Waals surface area contributed by atoms with E-state index in [1.54, 1.807) is 18.2 Å². The quantitative estimate of drug-likeness (QED) is 0.699. The lowest BCUT2D eigenvalue weighted by Crippen LogP contribution is -2.39. The van der Waals surface area contributed by atoms with Crippen LogP contribution in [0.1, 0.15) is 30.4 Å². The summed E-state index contributed by atoms with van der Waals surface area (Å²) >= 11 is 0. The third-order valence-corrected chi connectivity index (χ3v) is 6.24. The van der Waals surface area contributed by atoms with Crippen molar-refractivity contribution in [3.05, 3.63) is 64.3 Å². The number of hydrogen-bond acceptors (Lipinski definition) is 5. The van der Waals surface area contributed by atoms with Crippen molar-refractivity contribution in [3.8, 4) is 5.75 Å². The first-order chi connectivity index (χ1) is 14.6. The van der Waals surface area contributed by atoms with Crippen molar-refractivity contribution in [2.45, 2.75) is 31.8 Å². The van der Waals surface area contributed by atoms with E-state index in [1.165, 1.54) is 5.56 Å². The second kappa shape index (κ2) is 8.14. The summed E-state index contributed by atoms with van der Waals surface area (Å²) in [5, 5.41) is 4.29. The molecule has 1 atom stereocenters. The molecule has 2 aromatic carbocycles. The number of nitroso groups, excluding NO2 is 1. The van der Waals surface area contributed by atoms with Gasteiger partial charge in [-0.3, -0.25) is 4.90 Å². The Kier molecular flexibility index (Phi) is 5.21. The van der Waals surface area contributed by atoms with E-state index in [0.29, 0.717) is 17.4 Å². The highest BCUT2D eigenvalue weighted by Crippen LogP contribution is 2.34. The Morgan fingerprint density at radius 3 is 2.73 bits per heavy atom. The van der Waals surface area contributed by atoms with Crippen molar-refractivity contribution in [2.24, 2.45) is 11.1 Å². The van der Waals surface area contributed by atoms with E-state index in [9.17, 15) is 9.30 Å². The number of benzene rings is 2. The molecule has 30 heavy (non-hydrogen) atoms. The molecule has 5 rings (SSSR count). The molecular weight excluding hydrogens is 385 g/mol. The summed E-state index contributed by atoms with van der Waals surface area (Å²) in [6, 6.07) is 12.4. The van der Waals surface area contributed by atoms with Gasteiger partial charge in [0, 0.05) is 29.5 Å². The lowest BCUT2D eigenvalue weighted by atomic mass is 9.90. The molecule has 3 heterocycles. The van der Waals surface area contributed by atoms with Crippen LogP contribution in [0.15, 0.2) is 47.6 Å². The largest absolute Gasteiger partial charge is 0.425 e. The maximum absolute atomic E-state index is 13.1. The zero-order chi connectivity index (χ0) is 20.5. The molecular formula is C23H25FN3O3+. The molecule has 6 nitrogen and oxygen atoms in total. The number of oxime groups is 1. The zero-order valence-corrected chi connectivity index (χ0v) is 16.8. The fourth-order valence-corrected chi connectivity index (χ4v) is 4.52. The predicted molar refractivity (Wildman–Crippen MR) is 111 cm³/mol. The van der Waals surface area contributed by atoms with Gasteiger partial charge in [-0.1, -0.05) is 17.3 Å². The number of ether oxygens (including phenoxy) is 1. The molecule has 3 aliphatic rings. The maximum Gasteiger partial charge on any atom is 0.341 e. The van der Waals surface area contributed by atoms with Crippen LogP contribution in [-0.2, 0) is 11.3 Å². The molecule has 1 unspecified atom stereocenters. The van der Waals surface area contributed by atoms with Gasteiger partial charge in [0.15, 0.2) is 0 Å². The standard InChI is InChI=1S/C23H25FN3O3/c24-19-4-1-16(2-5-19)11-17-7-9-26(10-8-17)14-20-13-21(25-30-20)18-3-6-22-23(12-18)29-15-27(22)28/h1-6,12,17,20H,7-11,13-15H2/q+1. The van der Waals surface area contributed by atoms with E-state index in [0.717, 1.165) is 61.4 Å². The fourth-order valence-electron chi connectivity index (χ4n) is 4.52. The lowest BCUT2D eigenvalue weighted by molar-refractivity contribution is -0.479. The van der Waals surface area contributed by atoms with E-state index in [4.69, 9.17) is 9.57 Å². The van der Waals surface area contributed by atoms with Crippen LogP contribution in [0.3, 0.4) is 0 Å². The average molecular weight is 410 g/mol. The Balaban J connectivity index is 1.10. The summed E-state index contributed by atoms with van der Waals surface area (Å²) in [5.41, 5.74) is 3.63. The predicted octanol–water partition coefficient (Wildman–Crippen LogP) is 4.03. The van der Waals surface area contributed by atoms with Crippen LogP contribution in [0.5, 0.6) is 5.75 Å². The Morgan fingerprint density at radius 2 is 1.93 bits per heavy atom. The Labute approximate surface area is 174 Å². The number of rotatable bonds is 5. The molecule has 3 aliphatic heterocycles. The van der Waals surface area contributed by atoms with E-state index in [2.05, 4.69) is 10.1 Å². The van der Waals surface area contributed by atoms with E-state index >= 15 is 0 Å². The first-order valence-corrected chi connectivity index (χ1v) is 10.6. The molecule has 1 saturated heterocycles. The molecule has 1 fully saturated rings. The van der Waals surface area contributed by atoms with Crippen LogP contribution >= 0.6 is 0 Å². The molecule has 0 aromatic heterocycles. The summed E-state index contributed by atoms with van der Waals surface area (Å²) in [6.45, 7) is 3.01. The summed E-state index contributed by atoms with van der Waals surface area (Å²) in [7, 11) is 0. The highest BCUT2D eigenvalue weighted by molar-refractivity contribution is 6.01. The van der Waals surface area contributed by atoms with E-state index in [1.807, 2.05) is 24.3 Å². The monoisotopic (exact) mass is 410 g/mol. The third-order valence-electron chi connectivity index (χ3n) is 6.24. The van der Waals surface area contributed by atoms with Crippen LogP contribution in [0.25, 0.3) is 0 Å². The van der Waals surface area contributed by atoms with Crippen LogP contribution in [-0.4, -0.2) is 47.8 Å². The normalized spacial score (nSPS) is 21.8. The van der Waals surface area contributed by atoms with Crippen molar-refractivity contribution in [3.63, 3.8) is 0 Å². The molecule has 0 aliphatic carbocycles. The Morgan fingerprint density at radius 1 is 1.13 bits per heavy atom. The van der Waals surface area contributed by atoms with Crippen LogP contribution in [0.4, 0.5) is 10.1 Å². The Hall–Kier alpha value is -2.80. The van der Waals surface area contributed by atoms with Gasteiger partial charge < -0.3 is 9.57 Å². The molecule has 156 valence electrons. The number of likely N-dealkylation sites (tertiary alicyclic amines) is 1. The van der Waals surface area contributed by atoms with Crippen LogP contribution in [0.2, 0.25) is 0 Å². The minimum Gasteiger partial charge on any atom is -0.425 e. The third kappa shape index (κ3) is 4.07. The Bertz CT molecular complexity index is 968. The van der Waals surface area contributed by atoms with Gasteiger partial charge in [-0.05, 0) is 68.1 Å². The second-order valence-electron chi connectivity index (χ2n) is 8.38. The highest BCUT2D eigenvalue weighted by Gasteiger charge is 2.32. The number of fused-ring (bicyclic) bond motifs is 1. The molecule has 0 amide bonds. The van der Waals surface area contributed by atoms with Crippen LogP contribution in [0, 0.1) is 16.6 Å². The summed E-state index contributed by atoms with van der Waals surface area (Å²) in [5.74, 6) is 1.08. The van der Waals surface area contributed by atoms with Gasteiger partial charge >= 0.3 is 12.4 Å².